The first-order chi connectivity index (χ1) is 9.08. The molecule has 19 heavy (non-hydrogen) atoms. The van der Waals surface area contributed by atoms with Crippen LogP contribution in [0.5, 0.6) is 0 Å². The molecule has 1 atom stereocenters. The third kappa shape index (κ3) is 3.82. The predicted octanol–water partition coefficient (Wildman–Crippen LogP) is 5.26. The van der Waals surface area contributed by atoms with E-state index in [9.17, 15) is 0 Å². The molecule has 0 aliphatic carbocycles. The summed E-state index contributed by atoms with van der Waals surface area (Å²) < 4.78 is 1.05. The Labute approximate surface area is 128 Å². The second kappa shape index (κ2) is 6.56. The topological polar surface area (TPSA) is 12.0 Å². The Balaban J connectivity index is 2.06. The van der Waals surface area contributed by atoms with Crippen molar-refractivity contribution < 1.29 is 0 Å². The van der Waals surface area contributed by atoms with Crippen LogP contribution in [0.15, 0.2) is 46.9 Å². The molecule has 2 rings (SSSR count). The number of hydrogen-bond donors (Lipinski definition) is 1. The fraction of sp³-hybridized carbons (Fsp3) is 0.250. The van der Waals surface area contributed by atoms with Crippen LogP contribution in [0, 0.1) is 6.92 Å². The molecule has 1 nitrogen and oxygen atoms in total. The van der Waals surface area contributed by atoms with Gasteiger partial charge in [-0.25, -0.2) is 0 Å². The van der Waals surface area contributed by atoms with E-state index in [2.05, 4.69) is 65.4 Å². The Morgan fingerprint density at radius 2 is 1.95 bits per heavy atom. The van der Waals surface area contributed by atoms with Crippen molar-refractivity contribution >= 4 is 27.5 Å². The van der Waals surface area contributed by atoms with E-state index < -0.39 is 0 Å². The molecule has 0 saturated carbocycles. The van der Waals surface area contributed by atoms with E-state index in [-0.39, 0.29) is 0 Å². The van der Waals surface area contributed by atoms with Crippen LogP contribution < -0.4 is 5.32 Å². The highest BCUT2D eigenvalue weighted by Crippen LogP contribution is 2.22. The molecule has 2 aromatic rings. The molecule has 0 fully saturated rings. The SMILES string of the molecule is Cc1ccccc1[C@@H](C)NCc1cc(Br)ccc1Cl. The second-order valence-electron chi connectivity index (χ2n) is 4.69. The molecule has 0 spiro atoms. The standard InChI is InChI=1S/C16H17BrClN/c1-11-5-3-4-6-15(11)12(2)19-10-13-9-14(17)7-8-16(13)18/h3-9,12,19H,10H2,1-2H3/t12-/m1/s1. The summed E-state index contributed by atoms with van der Waals surface area (Å²) in [5.74, 6) is 0. The Hall–Kier alpha value is -0.830. The van der Waals surface area contributed by atoms with E-state index in [4.69, 9.17) is 11.6 Å². The van der Waals surface area contributed by atoms with Gasteiger partial charge in [-0.3, -0.25) is 0 Å². The molecule has 100 valence electrons. The van der Waals surface area contributed by atoms with E-state index in [0.717, 1.165) is 21.6 Å². The molecule has 0 saturated heterocycles. The maximum absolute atomic E-state index is 6.20. The molecule has 0 amide bonds. The Bertz CT molecular complexity index is 568. The van der Waals surface area contributed by atoms with Crippen molar-refractivity contribution in [1.82, 2.24) is 5.32 Å². The van der Waals surface area contributed by atoms with Gasteiger partial charge in [0.05, 0.1) is 0 Å². The molecule has 2 aromatic carbocycles. The number of aryl methyl sites for hydroxylation is 1. The van der Waals surface area contributed by atoms with E-state index >= 15 is 0 Å². The first-order valence-corrected chi connectivity index (χ1v) is 7.48. The molecule has 0 unspecified atom stereocenters. The average Bonchev–Trinajstić information content (AvgIpc) is 2.40. The zero-order chi connectivity index (χ0) is 13.8. The van der Waals surface area contributed by atoms with E-state index in [1.807, 2.05) is 12.1 Å². The molecule has 0 aliphatic rings. The lowest BCUT2D eigenvalue weighted by Gasteiger charge is -2.17. The van der Waals surface area contributed by atoms with Crippen molar-refractivity contribution in [3.8, 4) is 0 Å². The van der Waals surface area contributed by atoms with Crippen LogP contribution in [0.1, 0.15) is 29.7 Å². The summed E-state index contributed by atoms with van der Waals surface area (Å²) in [6.07, 6.45) is 0. The Kier molecular flexibility index (Phi) is 5.03. The predicted molar refractivity (Wildman–Crippen MR) is 85.6 cm³/mol. The summed E-state index contributed by atoms with van der Waals surface area (Å²) in [7, 11) is 0. The molecular weight excluding hydrogens is 322 g/mol. The molecule has 0 aromatic heterocycles. The van der Waals surface area contributed by atoms with Gasteiger partial charge in [0, 0.05) is 22.1 Å². The van der Waals surface area contributed by atoms with Crippen LogP contribution in [0.25, 0.3) is 0 Å². The largest absolute Gasteiger partial charge is 0.306 e. The van der Waals surface area contributed by atoms with Gasteiger partial charge in [0.2, 0.25) is 0 Å². The van der Waals surface area contributed by atoms with Crippen molar-refractivity contribution in [2.24, 2.45) is 0 Å². The van der Waals surface area contributed by atoms with Gasteiger partial charge in [-0.1, -0.05) is 51.8 Å². The van der Waals surface area contributed by atoms with Gasteiger partial charge in [-0.05, 0) is 48.7 Å². The van der Waals surface area contributed by atoms with Gasteiger partial charge in [-0.15, -0.1) is 0 Å². The van der Waals surface area contributed by atoms with Crippen molar-refractivity contribution in [3.05, 3.63) is 68.7 Å². The van der Waals surface area contributed by atoms with Crippen LogP contribution in [0.4, 0.5) is 0 Å². The van der Waals surface area contributed by atoms with Crippen LogP contribution in [0.3, 0.4) is 0 Å². The summed E-state index contributed by atoms with van der Waals surface area (Å²) in [6, 6.07) is 14.7. The zero-order valence-corrected chi connectivity index (χ0v) is 13.4. The summed E-state index contributed by atoms with van der Waals surface area (Å²) in [6.45, 7) is 5.07. The van der Waals surface area contributed by atoms with Crippen molar-refractivity contribution in [3.63, 3.8) is 0 Å². The minimum absolute atomic E-state index is 0.302. The van der Waals surface area contributed by atoms with Crippen molar-refractivity contribution in [2.75, 3.05) is 0 Å². The van der Waals surface area contributed by atoms with E-state index in [1.165, 1.54) is 11.1 Å². The summed E-state index contributed by atoms with van der Waals surface area (Å²) in [4.78, 5) is 0. The third-order valence-corrected chi connectivity index (χ3v) is 4.12. The van der Waals surface area contributed by atoms with Gasteiger partial charge in [0.25, 0.3) is 0 Å². The van der Waals surface area contributed by atoms with Crippen LogP contribution in [0.2, 0.25) is 5.02 Å². The molecule has 0 radical (unpaired) electrons. The van der Waals surface area contributed by atoms with Crippen molar-refractivity contribution in [2.45, 2.75) is 26.4 Å². The van der Waals surface area contributed by atoms with Crippen LogP contribution in [-0.2, 0) is 6.54 Å². The fourth-order valence-corrected chi connectivity index (χ4v) is 2.72. The first-order valence-electron chi connectivity index (χ1n) is 6.31. The summed E-state index contributed by atoms with van der Waals surface area (Å²) >= 11 is 9.67. The van der Waals surface area contributed by atoms with Crippen LogP contribution in [-0.4, -0.2) is 0 Å². The highest BCUT2D eigenvalue weighted by atomic mass is 79.9. The maximum atomic E-state index is 6.20. The number of nitrogens with one attached hydrogen (secondary N) is 1. The quantitative estimate of drug-likeness (QED) is 0.801. The Morgan fingerprint density at radius 1 is 1.21 bits per heavy atom. The lowest BCUT2D eigenvalue weighted by molar-refractivity contribution is 0.572. The molecular formula is C16H17BrClN. The van der Waals surface area contributed by atoms with Crippen LogP contribution >= 0.6 is 27.5 Å². The maximum Gasteiger partial charge on any atom is 0.0451 e. The van der Waals surface area contributed by atoms with Gasteiger partial charge in [-0.2, -0.15) is 0 Å². The summed E-state index contributed by atoms with van der Waals surface area (Å²) in [5.41, 5.74) is 3.74. The molecule has 0 bridgehead atoms. The van der Waals surface area contributed by atoms with Gasteiger partial charge in [0.1, 0.15) is 0 Å². The number of halogens is 2. The minimum Gasteiger partial charge on any atom is -0.306 e. The molecule has 0 heterocycles. The monoisotopic (exact) mass is 337 g/mol. The van der Waals surface area contributed by atoms with Crippen molar-refractivity contribution in [1.29, 1.82) is 0 Å². The number of hydrogen-bond acceptors (Lipinski definition) is 1. The van der Waals surface area contributed by atoms with E-state index in [1.54, 1.807) is 0 Å². The molecule has 1 N–H and O–H groups in total. The second-order valence-corrected chi connectivity index (χ2v) is 6.02. The molecule has 3 heteroatoms. The average molecular weight is 339 g/mol. The lowest BCUT2D eigenvalue weighted by atomic mass is 10.0. The Morgan fingerprint density at radius 3 is 2.68 bits per heavy atom. The van der Waals surface area contributed by atoms with Gasteiger partial charge >= 0.3 is 0 Å². The molecule has 0 aliphatic heterocycles. The normalized spacial score (nSPS) is 12.4. The smallest absolute Gasteiger partial charge is 0.0451 e. The highest BCUT2D eigenvalue weighted by molar-refractivity contribution is 9.10. The van der Waals surface area contributed by atoms with Gasteiger partial charge < -0.3 is 5.32 Å². The first kappa shape index (κ1) is 14.6. The lowest BCUT2D eigenvalue weighted by Crippen LogP contribution is -2.19. The number of rotatable bonds is 4. The fourth-order valence-electron chi connectivity index (χ4n) is 2.12. The third-order valence-electron chi connectivity index (χ3n) is 3.26. The van der Waals surface area contributed by atoms with Gasteiger partial charge in [0.15, 0.2) is 0 Å². The number of benzene rings is 2. The minimum atomic E-state index is 0.302. The van der Waals surface area contributed by atoms with E-state index in [0.29, 0.717) is 6.04 Å². The summed E-state index contributed by atoms with van der Waals surface area (Å²) in [5, 5.41) is 4.32. The zero-order valence-electron chi connectivity index (χ0n) is 11.1. The highest BCUT2D eigenvalue weighted by Gasteiger charge is 2.08.